The van der Waals surface area contributed by atoms with Crippen LogP contribution in [0.15, 0.2) is 58.4 Å². The summed E-state index contributed by atoms with van der Waals surface area (Å²) >= 11 is 6.77. The number of pyridine rings is 1. The summed E-state index contributed by atoms with van der Waals surface area (Å²) < 4.78 is 1.95. The Kier molecular flexibility index (Phi) is 6.87. The number of hydrogen-bond donors (Lipinski definition) is 1. The maximum atomic E-state index is 13.7. The Balaban J connectivity index is 1.57. The quantitative estimate of drug-likeness (QED) is 0.395. The van der Waals surface area contributed by atoms with Crippen molar-refractivity contribution >= 4 is 57.7 Å². The number of carbonyl (C=O) groups is 2. The van der Waals surface area contributed by atoms with Crippen LogP contribution in [0.3, 0.4) is 0 Å². The van der Waals surface area contributed by atoms with Crippen molar-refractivity contribution in [3.63, 3.8) is 0 Å². The number of primary amides is 1. The fraction of sp³-hybridized carbons (Fsp3) is 0.296. The van der Waals surface area contributed by atoms with E-state index in [0.717, 1.165) is 11.1 Å². The third kappa shape index (κ3) is 4.67. The lowest BCUT2D eigenvalue weighted by Gasteiger charge is -2.32. The predicted molar refractivity (Wildman–Crippen MR) is 150 cm³/mol. The molecule has 8 nitrogen and oxygen atoms in total. The van der Waals surface area contributed by atoms with E-state index in [1.807, 2.05) is 55.1 Å². The summed E-state index contributed by atoms with van der Waals surface area (Å²) in [5, 5.41) is 0. The van der Waals surface area contributed by atoms with Gasteiger partial charge in [-0.3, -0.25) is 23.7 Å². The van der Waals surface area contributed by atoms with Crippen molar-refractivity contribution in [2.45, 2.75) is 32.7 Å². The molecule has 0 bridgehead atoms. The van der Waals surface area contributed by atoms with Crippen molar-refractivity contribution in [1.82, 2.24) is 14.3 Å². The summed E-state index contributed by atoms with van der Waals surface area (Å²) in [5.74, 6) is -0.237. The van der Waals surface area contributed by atoms with E-state index in [1.165, 1.54) is 16.2 Å². The minimum absolute atomic E-state index is 0.196. The molecule has 1 unspecified atom stereocenters. The van der Waals surface area contributed by atoms with Crippen LogP contribution in [0, 0.1) is 12.8 Å². The zero-order chi connectivity index (χ0) is 26.3. The van der Waals surface area contributed by atoms with Gasteiger partial charge in [0.1, 0.15) is 15.8 Å². The number of thioether (sulfide) groups is 1. The van der Waals surface area contributed by atoms with E-state index in [-0.39, 0.29) is 29.3 Å². The van der Waals surface area contributed by atoms with Gasteiger partial charge in [-0.05, 0) is 50.0 Å². The topological polar surface area (TPSA) is 101 Å². The molecule has 37 heavy (non-hydrogen) atoms. The van der Waals surface area contributed by atoms with Crippen LogP contribution in [-0.2, 0) is 9.59 Å². The van der Waals surface area contributed by atoms with Crippen LogP contribution in [0.4, 0.5) is 5.82 Å². The molecule has 2 fully saturated rings. The molecule has 2 saturated heterocycles. The van der Waals surface area contributed by atoms with E-state index in [1.54, 1.807) is 23.2 Å². The molecule has 190 valence electrons. The molecule has 0 saturated carbocycles. The first-order chi connectivity index (χ1) is 17.8. The molecule has 1 aromatic carbocycles. The highest BCUT2D eigenvalue weighted by Crippen LogP contribution is 2.38. The van der Waals surface area contributed by atoms with Crippen LogP contribution >= 0.6 is 24.0 Å². The lowest BCUT2D eigenvalue weighted by molar-refractivity contribution is -0.123. The number of nitrogens with zero attached hydrogens (tertiary/aromatic N) is 4. The molecule has 2 aromatic heterocycles. The van der Waals surface area contributed by atoms with Gasteiger partial charge in [-0.2, -0.15) is 0 Å². The molecule has 2 aliphatic rings. The molecule has 2 aliphatic heterocycles. The van der Waals surface area contributed by atoms with E-state index in [9.17, 15) is 14.4 Å². The minimum atomic E-state index is -0.307. The Morgan fingerprint density at radius 2 is 1.86 bits per heavy atom. The van der Waals surface area contributed by atoms with Crippen molar-refractivity contribution in [3.8, 4) is 0 Å². The van der Waals surface area contributed by atoms with Gasteiger partial charge in [-0.15, -0.1) is 0 Å². The molecule has 2 N–H and O–H groups in total. The first-order valence-corrected chi connectivity index (χ1v) is 13.4. The lowest BCUT2D eigenvalue weighted by Crippen LogP contribution is -2.40. The number of fused-ring (bicyclic) bond motifs is 1. The average Bonchev–Trinajstić information content (AvgIpc) is 3.18. The van der Waals surface area contributed by atoms with Gasteiger partial charge >= 0.3 is 0 Å². The maximum Gasteiger partial charge on any atom is 0.267 e. The summed E-state index contributed by atoms with van der Waals surface area (Å²) in [6.07, 6.45) is 4.47. The van der Waals surface area contributed by atoms with Crippen molar-refractivity contribution in [3.05, 3.63) is 80.6 Å². The zero-order valence-corrected chi connectivity index (χ0v) is 22.2. The molecule has 0 aliphatic carbocycles. The Morgan fingerprint density at radius 3 is 2.54 bits per heavy atom. The molecule has 10 heteroatoms. The van der Waals surface area contributed by atoms with Crippen molar-refractivity contribution in [2.75, 3.05) is 18.0 Å². The second-order valence-corrected chi connectivity index (χ2v) is 11.0. The third-order valence-corrected chi connectivity index (χ3v) is 8.36. The number of aromatic nitrogens is 2. The Hall–Kier alpha value is -3.50. The van der Waals surface area contributed by atoms with Crippen LogP contribution in [0.5, 0.6) is 0 Å². The van der Waals surface area contributed by atoms with E-state index in [2.05, 4.69) is 0 Å². The van der Waals surface area contributed by atoms with Crippen LogP contribution < -0.4 is 16.2 Å². The molecule has 3 aromatic rings. The number of carbonyl (C=O) groups excluding carboxylic acids is 2. The van der Waals surface area contributed by atoms with Gasteiger partial charge in [0.05, 0.1) is 16.5 Å². The lowest BCUT2D eigenvalue weighted by atomic mass is 9.96. The highest BCUT2D eigenvalue weighted by atomic mass is 32.2. The van der Waals surface area contributed by atoms with Crippen LogP contribution in [0.1, 0.15) is 42.5 Å². The molecule has 1 atom stereocenters. The number of hydrogen-bond acceptors (Lipinski definition) is 7. The Bertz CT molecular complexity index is 1490. The Labute approximate surface area is 224 Å². The van der Waals surface area contributed by atoms with Crippen molar-refractivity contribution in [1.29, 1.82) is 0 Å². The fourth-order valence-corrected chi connectivity index (χ4v) is 6.27. The number of anilines is 1. The smallest absolute Gasteiger partial charge is 0.267 e. The van der Waals surface area contributed by atoms with Crippen LogP contribution in [-0.4, -0.2) is 43.5 Å². The monoisotopic (exact) mass is 533 g/mol. The number of amides is 2. The standard InChI is InChI=1S/C27H27N5O3S2/c1-16-7-6-12-31-23(16)29-24(30-13-10-19(11-14-30)22(28)33)20(25(31)34)15-21-26(35)32(27(36)37-21)17(2)18-8-4-3-5-9-18/h3-9,12,15,17,19H,10-11,13-14H2,1-2H3,(H2,28,33)/b21-15-. The second-order valence-electron chi connectivity index (χ2n) is 9.34. The molecule has 2 amide bonds. The van der Waals surface area contributed by atoms with E-state index < -0.39 is 0 Å². The molecular weight excluding hydrogens is 506 g/mol. The molecule has 5 rings (SSSR count). The van der Waals surface area contributed by atoms with Gasteiger partial charge in [0.2, 0.25) is 5.91 Å². The Morgan fingerprint density at radius 1 is 1.16 bits per heavy atom. The number of piperidine rings is 1. The van der Waals surface area contributed by atoms with Gasteiger partial charge in [0.15, 0.2) is 0 Å². The highest BCUT2D eigenvalue weighted by molar-refractivity contribution is 8.26. The number of thiocarbonyl (C=S) groups is 1. The summed E-state index contributed by atoms with van der Waals surface area (Å²) in [6, 6.07) is 13.2. The SMILES string of the molecule is Cc1cccn2c(=O)c(/C=C3\SC(=S)N(C(C)c4ccccc4)C3=O)c(N3CCC(C(N)=O)CC3)nc12. The summed E-state index contributed by atoms with van der Waals surface area (Å²) in [6.45, 7) is 4.91. The van der Waals surface area contributed by atoms with Gasteiger partial charge in [0, 0.05) is 25.2 Å². The van der Waals surface area contributed by atoms with Gasteiger partial charge < -0.3 is 10.6 Å². The molecule has 0 spiro atoms. The third-order valence-electron chi connectivity index (χ3n) is 7.03. The minimum Gasteiger partial charge on any atom is -0.369 e. The van der Waals surface area contributed by atoms with E-state index in [0.29, 0.717) is 52.2 Å². The van der Waals surface area contributed by atoms with Gasteiger partial charge in [0.25, 0.3) is 11.5 Å². The van der Waals surface area contributed by atoms with Gasteiger partial charge in [-0.25, -0.2) is 4.98 Å². The summed E-state index contributed by atoms with van der Waals surface area (Å²) in [5.41, 5.74) is 7.98. The molecule has 4 heterocycles. The van der Waals surface area contributed by atoms with E-state index >= 15 is 0 Å². The number of benzene rings is 1. The average molecular weight is 534 g/mol. The van der Waals surface area contributed by atoms with Crippen molar-refractivity contribution < 1.29 is 9.59 Å². The van der Waals surface area contributed by atoms with Crippen LogP contribution in [0.2, 0.25) is 0 Å². The van der Waals surface area contributed by atoms with E-state index in [4.69, 9.17) is 22.9 Å². The molecule has 0 radical (unpaired) electrons. The molecular formula is C27H27N5O3S2. The number of rotatable bonds is 5. The second kappa shape index (κ2) is 10.1. The summed E-state index contributed by atoms with van der Waals surface area (Å²) in [7, 11) is 0. The van der Waals surface area contributed by atoms with Crippen molar-refractivity contribution in [2.24, 2.45) is 11.7 Å². The normalized spacial score (nSPS) is 18.7. The first-order valence-electron chi connectivity index (χ1n) is 12.1. The summed E-state index contributed by atoms with van der Waals surface area (Å²) in [4.78, 5) is 47.8. The fourth-order valence-electron chi connectivity index (χ4n) is 4.87. The van der Waals surface area contributed by atoms with Gasteiger partial charge in [-0.1, -0.05) is 60.4 Å². The zero-order valence-electron chi connectivity index (χ0n) is 20.6. The highest BCUT2D eigenvalue weighted by Gasteiger charge is 2.37. The first kappa shape index (κ1) is 25.2. The largest absolute Gasteiger partial charge is 0.369 e. The van der Waals surface area contributed by atoms with Crippen LogP contribution in [0.25, 0.3) is 11.7 Å². The maximum absolute atomic E-state index is 13.7. The predicted octanol–water partition coefficient (Wildman–Crippen LogP) is 3.67. The number of aryl methyl sites for hydroxylation is 1. The number of nitrogens with two attached hydrogens (primary N) is 1.